The number of thiophene rings is 1. The Balaban J connectivity index is 1.55. The van der Waals surface area contributed by atoms with E-state index in [0.717, 1.165) is 42.8 Å². The summed E-state index contributed by atoms with van der Waals surface area (Å²) in [6.45, 7) is 0. The highest BCUT2D eigenvalue weighted by Gasteiger charge is 2.11. The van der Waals surface area contributed by atoms with Gasteiger partial charge in [0, 0.05) is 18.0 Å². The van der Waals surface area contributed by atoms with Crippen molar-refractivity contribution in [1.82, 2.24) is 24.8 Å². The van der Waals surface area contributed by atoms with Crippen molar-refractivity contribution in [2.45, 2.75) is 6.42 Å². The summed E-state index contributed by atoms with van der Waals surface area (Å²) in [5, 5.41) is 14.4. The average molecular weight is 378 g/mol. The van der Waals surface area contributed by atoms with E-state index in [9.17, 15) is 0 Å². The van der Waals surface area contributed by atoms with Crippen molar-refractivity contribution in [3.63, 3.8) is 0 Å². The minimum Gasteiger partial charge on any atom is -0.256 e. The second kappa shape index (κ2) is 6.16. The molecule has 0 bridgehead atoms. The lowest BCUT2D eigenvalue weighted by molar-refractivity contribution is 0.843. The van der Waals surface area contributed by atoms with Crippen LogP contribution in [-0.2, 0) is 6.42 Å². The van der Waals surface area contributed by atoms with Gasteiger partial charge in [-0.1, -0.05) is 23.7 Å². The summed E-state index contributed by atoms with van der Waals surface area (Å²) in [5.74, 6) is 0.799. The second-order valence-electron chi connectivity index (χ2n) is 5.92. The number of fused-ring (bicyclic) bond motifs is 2. The maximum Gasteiger partial charge on any atom is 0.177 e. The summed E-state index contributed by atoms with van der Waals surface area (Å²) in [6, 6.07) is 18.0. The van der Waals surface area contributed by atoms with E-state index in [0.29, 0.717) is 6.42 Å². The Morgan fingerprint density at radius 2 is 1.96 bits per heavy atom. The molecule has 0 aliphatic rings. The molecule has 0 atom stereocenters. The predicted octanol–water partition coefficient (Wildman–Crippen LogP) is 4.65. The van der Waals surface area contributed by atoms with Gasteiger partial charge in [0.15, 0.2) is 11.5 Å². The lowest BCUT2D eigenvalue weighted by Gasteiger charge is -2.03. The van der Waals surface area contributed by atoms with E-state index in [1.807, 2.05) is 36.4 Å². The van der Waals surface area contributed by atoms with E-state index < -0.39 is 0 Å². The van der Waals surface area contributed by atoms with Crippen molar-refractivity contribution < 1.29 is 0 Å². The fourth-order valence-corrected chi connectivity index (χ4v) is 3.95. The molecule has 4 heterocycles. The summed E-state index contributed by atoms with van der Waals surface area (Å²) in [6.07, 6.45) is 2.45. The minimum absolute atomic E-state index is 0.646. The van der Waals surface area contributed by atoms with Gasteiger partial charge in [0.25, 0.3) is 0 Å². The van der Waals surface area contributed by atoms with Crippen LogP contribution in [0.5, 0.6) is 0 Å². The van der Waals surface area contributed by atoms with E-state index in [1.165, 1.54) is 11.3 Å². The van der Waals surface area contributed by atoms with Gasteiger partial charge in [-0.2, -0.15) is 9.61 Å². The van der Waals surface area contributed by atoms with E-state index >= 15 is 0 Å². The Hall–Kier alpha value is -2.83. The zero-order valence-corrected chi connectivity index (χ0v) is 15.1. The Morgan fingerprint density at radius 1 is 1.00 bits per heavy atom. The van der Waals surface area contributed by atoms with E-state index in [-0.39, 0.29) is 0 Å². The first-order valence-corrected chi connectivity index (χ1v) is 9.26. The van der Waals surface area contributed by atoms with Crippen LogP contribution in [0, 0.1) is 0 Å². The van der Waals surface area contributed by atoms with Gasteiger partial charge in [0.1, 0.15) is 5.69 Å². The zero-order chi connectivity index (χ0) is 17.5. The van der Waals surface area contributed by atoms with E-state index in [4.69, 9.17) is 16.7 Å². The van der Waals surface area contributed by atoms with Crippen molar-refractivity contribution in [3.8, 4) is 10.6 Å². The van der Waals surface area contributed by atoms with Crippen molar-refractivity contribution in [2.24, 2.45) is 0 Å². The van der Waals surface area contributed by atoms with Crippen molar-refractivity contribution >= 4 is 39.5 Å². The van der Waals surface area contributed by atoms with Crippen LogP contribution >= 0.6 is 22.9 Å². The fraction of sp³-hybridized carbons (Fsp3) is 0.0526. The molecule has 5 nitrogen and oxygen atoms in total. The van der Waals surface area contributed by atoms with Crippen LogP contribution in [0.4, 0.5) is 0 Å². The quantitative estimate of drug-likeness (QED) is 0.459. The SMILES string of the molecule is Clc1ccc(-c2ccc3nnc(Cc4ccc5ncccc5c4)n3n2)s1. The van der Waals surface area contributed by atoms with Crippen LogP contribution in [0.15, 0.2) is 60.8 Å². The molecule has 0 radical (unpaired) electrons. The number of rotatable bonds is 3. The molecule has 0 spiro atoms. The standard InChI is InChI=1S/C19H12ClN5S/c20-17-7-6-16(26-17)15-5-8-18-22-23-19(25(18)24-15)11-12-3-4-14-13(10-12)2-1-9-21-14/h1-10H,11H2. The Bertz CT molecular complexity index is 1240. The minimum atomic E-state index is 0.646. The van der Waals surface area contributed by atoms with Gasteiger partial charge in [0.2, 0.25) is 0 Å². The monoisotopic (exact) mass is 377 g/mol. The van der Waals surface area contributed by atoms with E-state index in [1.54, 1.807) is 10.7 Å². The smallest absolute Gasteiger partial charge is 0.177 e. The first kappa shape index (κ1) is 15.4. The number of benzene rings is 1. The zero-order valence-electron chi connectivity index (χ0n) is 13.5. The third-order valence-electron chi connectivity index (χ3n) is 4.18. The van der Waals surface area contributed by atoms with Crippen molar-refractivity contribution in [1.29, 1.82) is 0 Å². The molecular formula is C19H12ClN5S. The fourth-order valence-electron chi connectivity index (χ4n) is 2.94. The maximum absolute atomic E-state index is 6.05. The Morgan fingerprint density at radius 3 is 2.85 bits per heavy atom. The Labute approximate surface area is 157 Å². The van der Waals surface area contributed by atoms with Crippen LogP contribution in [0.1, 0.15) is 11.4 Å². The van der Waals surface area contributed by atoms with Crippen LogP contribution in [0.3, 0.4) is 0 Å². The molecule has 0 aliphatic heterocycles. The van der Waals surface area contributed by atoms with Crippen molar-refractivity contribution in [3.05, 3.63) is 76.5 Å². The third kappa shape index (κ3) is 2.73. The number of hydrogen-bond donors (Lipinski definition) is 0. The average Bonchev–Trinajstić information content (AvgIpc) is 3.28. The molecule has 4 aromatic heterocycles. The highest BCUT2D eigenvalue weighted by molar-refractivity contribution is 7.19. The first-order chi connectivity index (χ1) is 12.8. The highest BCUT2D eigenvalue weighted by atomic mass is 35.5. The summed E-state index contributed by atoms with van der Waals surface area (Å²) in [4.78, 5) is 5.38. The molecule has 0 aliphatic carbocycles. The molecular weight excluding hydrogens is 366 g/mol. The normalized spacial score (nSPS) is 11.4. The lowest BCUT2D eigenvalue weighted by Crippen LogP contribution is -2.01. The molecule has 0 unspecified atom stereocenters. The molecule has 7 heteroatoms. The second-order valence-corrected chi connectivity index (χ2v) is 7.63. The number of aromatic nitrogens is 5. The predicted molar refractivity (Wildman–Crippen MR) is 104 cm³/mol. The molecule has 1 aromatic carbocycles. The molecule has 5 aromatic rings. The summed E-state index contributed by atoms with van der Waals surface area (Å²) < 4.78 is 2.55. The molecule has 126 valence electrons. The number of hydrogen-bond acceptors (Lipinski definition) is 5. The highest BCUT2D eigenvalue weighted by Crippen LogP contribution is 2.29. The van der Waals surface area contributed by atoms with Crippen LogP contribution in [0.2, 0.25) is 4.34 Å². The Kier molecular flexibility index (Phi) is 3.65. The first-order valence-electron chi connectivity index (χ1n) is 8.07. The molecule has 26 heavy (non-hydrogen) atoms. The van der Waals surface area contributed by atoms with Gasteiger partial charge in [-0.15, -0.1) is 21.5 Å². The van der Waals surface area contributed by atoms with Gasteiger partial charge in [0.05, 0.1) is 14.7 Å². The van der Waals surface area contributed by atoms with Crippen LogP contribution in [-0.4, -0.2) is 24.8 Å². The molecule has 0 saturated heterocycles. The van der Waals surface area contributed by atoms with Gasteiger partial charge >= 0.3 is 0 Å². The van der Waals surface area contributed by atoms with Gasteiger partial charge in [-0.05, 0) is 48.0 Å². The molecule has 0 amide bonds. The van der Waals surface area contributed by atoms with E-state index in [2.05, 4.69) is 33.4 Å². The number of nitrogens with zero attached hydrogens (tertiary/aromatic N) is 5. The van der Waals surface area contributed by atoms with Gasteiger partial charge < -0.3 is 0 Å². The topological polar surface area (TPSA) is 56.0 Å². The van der Waals surface area contributed by atoms with Crippen molar-refractivity contribution in [2.75, 3.05) is 0 Å². The molecule has 0 saturated carbocycles. The van der Waals surface area contributed by atoms with Gasteiger partial charge in [-0.3, -0.25) is 4.98 Å². The summed E-state index contributed by atoms with van der Waals surface area (Å²) in [7, 11) is 0. The summed E-state index contributed by atoms with van der Waals surface area (Å²) >= 11 is 7.55. The van der Waals surface area contributed by atoms with Crippen LogP contribution in [0.25, 0.3) is 27.1 Å². The maximum atomic E-state index is 6.05. The van der Waals surface area contributed by atoms with Crippen LogP contribution < -0.4 is 0 Å². The number of halogens is 1. The lowest BCUT2D eigenvalue weighted by atomic mass is 10.1. The third-order valence-corrected chi connectivity index (χ3v) is 5.44. The largest absolute Gasteiger partial charge is 0.256 e. The molecule has 0 N–H and O–H groups in total. The summed E-state index contributed by atoms with van der Waals surface area (Å²) in [5.41, 5.74) is 3.72. The van der Waals surface area contributed by atoms with Gasteiger partial charge in [-0.25, -0.2) is 0 Å². The molecule has 0 fully saturated rings. The molecule has 5 rings (SSSR count). The number of pyridine rings is 1.